The van der Waals surface area contributed by atoms with Crippen LogP contribution < -0.4 is 0 Å². The molecule has 3 N–H and O–H groups in total. The van der Waals surface area contributed by atoms with Gasteiger partial charge in [-0.15, -0.1) is 6.58 Å². The number of aliphatic hydroxyl groups excluding tert-OH is 1. The number of aliphatic hydroxyl groups is 3. The van der Waals surface area contributed by atoms with Gasteiger partial charge in [-0.05, 0) is 43.5 Å². The summed E-state index contributed by atoms with van der Waals surface area (Å²) in [4.78, 5) is 67.2. The summed E-state index contributed by atoms with van der Waals surface area (Å²) in [7, 11) is 0. The molecular formula is C38H44O12. The molecule has 12 nitrogen and oxygen atoms in total. The van der Waals surface area contributed by atoms with E-state index in [9.17, 15) is 39.3 Å². The van der Waals surface area contributed by atoms with Gasteiger partial charge in [0.1, 0.15) is 36.1 Å². The van der Waals surface area contributed by atoms with E-state index in [0.29, 0.717) is 0 Å². The lowest BCUT2D eigenvalue weighted by Gasteiger charge is -2.69. The van der Waals surface area contributed by atoms with Crippen LogP contribution in [0.15, 0.2) is 73.3 Å². The second-order valence-electron chi connectivity index (χ2n) is 14.6. The Bertz CT molecular complexity index is 1670. The van der Waals surface area contributed by atoms with Gasteiger partial charge >= 0.3 is 23.9 Å². The number of rotatable bonds is 7. The van der Waals surface area contributed by atoms with Gasteiger partial charge in [0.05, 0.1) is 17.0 Å². The maximum atomic E-state index is 14.6. The number of benzene rings is 2. The molecule has 5 rings (SSSR count). The average Bonchev–Trinajstić information content (AvgIpc) is 3.06. The van der Waals surface area contributed by atoms with Crippen LogP contribution in [-0.2, 0) is 33.3 Å². The van der Waals surface area contributed by atoms with E-state index < -0.39 is 100.0 Å². The predicted octanol–water partition coefficient (Wildman–Crippen LogP) is 3.21. The molecule has 3 fully saturated rings. The summed E-state index contributed by atoms with van der Waals surface area (Å²) in [5, 5.41) is 36.9. The summed E-state index contributed by atoms with van der Waals surface area (Å²) in [6, 6.07) is 15.8. The minimum Gasteiger partial charge on any atom is -0.459 e. The van der Waals surface area contributed by atoms with E-state index in [1.54, 1.807) is 57.2 Å². The number of esters is 4. The summed E-state index contributed by atoms with van der Waals surface area (Å²) in [5.74, 6) is -8.27. The third kappa shape index (κ3) is 5.72. The van der Waals surface area contributed by atoms with Crippen LogP contribution in [0.25, 0.3) is 0 Å². The van der Waals surface area contributed by atoms with Crippen molar-refractivity contribution in [3.63, 3.8) is 0 Å². The molecule has 2 aromatic rings. The van der Waals surface area contributed by atoms with Gasteiger partial charge < -0.3 is 34.3 Å². The Kier molecular flexibility index (Phi) is 9.63. The monoisotopic (exact) mass is 692 g/mol. The quantitative estimate of drug-likeness (QED) is 0.219. The summed E-state index contributed by atoms with van der Waals surface area (Å²) in [5.41, 5.74) is -7.84. The summed E-state index contributed by atoms with van der Waals surface area (Å²) in [6.45, 7) is 12.2. The Morgan fingerprint density at radius 2 is 1.28 bits per heavy atom. The molecule has 0 amide bonds. The van der Waals surface area contributed by atoms with Crippen molar-refractivity contribution in [2.75, 3.05) is 0 Å². The Hall–Kier alpha value is -4.39. The number of carbonyl (C=O) groups excluding carboxylic acids is 5. The smallest absolute Gasteiger partial charge is 0.338 e. The van der Waals surface area contributed by atoms with Crippen molar-refractivity contribution in [2.24, 2.45) is 28.6 Å². The summed E-state index contributed by atoms with van der Waals surface area (Å²) in [6.07, 6.45) is -6.86. The zero-order valence-corrected chi connectivity index (χ0v) is 28.9. The van der Waals surface area contributed by atoms with Crippen molar-refractivity contribution < 1.29 is 58.2 Å². The van der Waals surface area contributed by atoms with Gasteiger partial charge in [0.2, 0.25) is 0 Å². The second kappa shape index (κ2) is 13.1. The molecule has 0 spiro atoms. The van der Waals surface area contributed by atoms with Crippen LogP contribution in [0.1, 0.15) is 68.7 Å². The third-order valence-electron chi connectivity index (χ3n) is 11.2. The van der Waals surface area contributed by atoms with Crippen LogP contribution >= 0.6 is 0 Å². The minimum absolute atomic E-state index is 0.121. The molecule has 5 unspecified atom stereocenters. The van der Waals surface area contributed by atoms with Crippen LogP contribution in [0.5, 0.6) is 0 Å². The Morgan fingerprint density at radius 3 is 1.76 bits per heavy atom. The van der Waals surface area contributed by atoms with E-state index >= 15 is 0 Å². The molecule has 3 saturated carbocycles. The van der Waals surface area contributed by atoms with E-state index in [4.69, 9.17) is 18.9 Å². The third-order valence-corrected chi connectivity index (χ3v) is 11.2. The first-order chi connectivity index (χ1) is 23.3. The Balaban J connectivity index is 1.81. The first-order valence-electron chi connectivity index (χ1n) is 16.5. The molecule has 3 aliphatic carbocycles. The predicted molar refractivity (Wildman–Crippen MR) is 176 cm³/mol. The lowest BCUT2D eigenvalue weighted by molar-refractivity contribution is -0.320. The molecule has 0 aliphatic heterocycles. The number of hydrogen-bond donors (Lipinski definition) is 3. The number of Topliss-reactive ketones (excluding diaryl/α,β-unsaturated/α-hetero) is 1. The molecule has 0 aromatic heterocycles. The fraction of sp³-hybridized carbons (Fsp3) is 0.500. The topological polar surface area (TPSA) is 183 Å². The van der Waals surface area contributed by atoms with Crippen molar-refractivity contribution in [2.45, 2.75) is 89.7 Å². The molecule has 3 aliphatic rings. The molecule has 0 heterocycles. The summed E-state index contributed by atoms with van der Waals surface area (Å²) >= 11 is 0. The van der Waals surface area contributed by atoms with E-state index in [0.717, 1.165) is 13.8 Å². The van der Waals surface area contributed by atoms with Gasteiger partial charge in [-0.1, -0.05) is 63.2 Å². The van der Waals surface area contributed by atoms with Gasteiger partial charge in [0, 0.05) is 30.6 Å². The number of ketones is 1. The van der Waals surface area contributed by atoms with Crippen molar-refractivity contribution in [1.82, 2.24) is 0 Å². The van der Waals surface area contributed by atoms with Crippen LogP contribution in [0.2, 0.25) is 0 Å². The van der Waals surface area contributed by atoms with Gasteiger partial charge in [-0.25, -0.2) is 9.59 Å². The SMILES string of the molecule is C=C[C@H]1C(OC(=O)c2ccccc2)[C@@H]2[C@@]3(C)C(OC(=O)c4ccccc4)C(O)C(OC(C)=O)C(C)(C)[C@@H]3CC(OC(C)=O)[C@@]2(O)C(=O)[C@@]1(C)O. The van der Waals surface area contributed by atoms with Gasteiger partial charge in [0.15, 0.2) is 11.4 Å². The highest BCUT2D eigenvalue weighted by atomic mass is 16.6. The van der Waals surface area contributed by atoms with E-state index in [1.165, 1.54) is 37.3 Å². The fourth-order valence-corrected chi connectivity index (χ4v) is 9.12. The van der Waals surface area contributed by atoms with Gasteiger partial charge in [-0.3, -0.25) is 14.4 Å². The molecule has 11 atom stereocenters. The first kappa shape index (κ1) is 36.9. The highest BCUT2D eigenvalue weighted by Gasteiger charge is 2.80. The zero-order valence-electron chi connectivity index (χ0n) is 28.9. The molecule has 0 radical (unpaired) electrons. The van der Waals surface area contributed by atoms with Crippen LogP contribution in [-0.4, -0.2) is 86.7 Å². The number of carbonyl (C=O) groups is 5. The van der Waals surface area contributed by atoms with E-state index in [-0.39, 0.29) is 17.5 Å². The normalized spacial score (nSPS) is 37.3. The lowest BCUT2D eigenvalue weighted by Crippen LogP contribution is -2.83. The van der Waals surface area contributed by atoms with Crippen LogP contribution in [0.3, 0.4) is 0 Å². The molecule has 50 heavy (non-hydrogen) atoms. The van der Waals surface area contributed by atoms with Crippen molar-refractivity contribution >= 4 is 29.7 Å². The van der Waals surface area contributed by atoms with Crippen LogP contribution in [0, 0.1) is 28.6 Å². The lowest BCUT2D eigenvalue weighted by atomic mass is 9.38. The highest BCUT2D eigenvalue weighted by Crippen LogP contribution is 2.67. The molecule has 12 heteroatoms. The Labute approximate surface area is 290 Å². The Morgan fingerprint density at radius 1 is 0.780 bits per heavy atom. The number of hydrogen-bond acceptors (Lipinski definition) is 12. The van der Waals surface area contributed by atoms with Gasteiger partial charge in [-0.2, -0.15) is 0 Å². The molecular weight excluding hydrogens is 648 g/mol. The maximum absolute atomic E-state index is 14.6. The molecule has 0 saturated heterocycles. The zero-order chi connectivity index (χ0) is 37.0. The largest absolute Gasteiger partial charge is 0.459 e. The van der Waals surface area contributed by atoms with Crippen LogP contribution in [0.4, 0.5) is 0 Å². The maximum Gasteiger partial charge on any atom is 0.338 e. The number of fused-ring (bicyclic) bond motifs is 3. The second-order valence-corrected chi connectivity index (χ2v) is 14.6. The summed E-state index contributed by atoms with van der Waals surface area (Å²) < 4.78 is 23.7. The molecule has 268 valence electrons. The standard InChI is InChI=1S/C38H44O12/c1-8-24-28(49-32(42)22-15-11-9-12-16-22)29-36(6)25(19-26(47-20(2)39)38(29,46)34(44)37(24,7)45)35(4,5)30(48-21(3)40)27(41)31(36)50-33(43)23-17-13-10-14-18-23/h8-18,24-31,41,45-46H,1,19H2,2-7H3/t24-,25-,26?,27?,28?,29+,30?,31?,36-,37-,38-/m0/s1. The van der Waals surface area contributed by atoms with E-state index in [1.807, 2.05) is 0 Å². The minimum atomic E-state index is -2.76. The highest BCUT2D eigenvalue weighted by molar-refractivity contribution is 5.98. The first-order valence-corrected chi connectivity index (χ1v) is 16.5. The fourth-order valence-electron chi connectivity index (χ4n) is 9.12. The average molecular weight is 693 g/mol. The van der Waals surface area contributed by atoms with Crippen molar-refractivity contribution in [1.29, 1.82) is 0 Å². The molecule has 0 bridgehead atoms. The van der Waals surface area contributed by atoms with E-state index in [2.05, 4.69) is 6.58 Å². The number of ether oxygens (including phenoxy) is 4. The van der Waals surface area contributed by atoms with Gasteiger partial charge in [0.25, 0.3) is 0 Å². The van der Waals surface area contributed by atoms with Crippen molar-refractivity contribution in [3.8, 4) is 0 Å². The van der Waals surface area contributed by atoms with Crippen molar-refractivity contribution in [3.05, 3.63) is 84.4 Å². The molecule has 2 aromatic carbocycles.